The van der Waals surface area contributed by atoms with Crippen LogP contribution in [0.25, 0.3) is 0 Å². The second-order valence-corrected chi connectivity index (χ2v) is 4.81. The number of benzene rings is 1. The SMILES string of the molecule is Nc1ccc(=O)n(CCCOc2ccc(CCO)cc2)c1. The Morgan fingerprint density at radius 3 is 2.62 bits per heavy atom. The van der Waals surface area contributed by atoms with Crippen LogP contribution in [-0.2, 0) is 13.0 Å². The Morgan fingerprint density at radius 2 is 1.90 bits per heavy atom. The normalized spacial score (nSPS) is 10.5. The summed E-state index contributed by atoms with van der Waals surface area (Å²) < 4.78 is 7.21. The summed E-state index contributed by atoms with van der Waals surface area (Å²) in [7, 11) is 0. The fourth-order valence-electron chi connectivity index (χ4n) is 2.03. The van der Waals surface area contributed by atoms with E-state index in [4.69, 9.17) is 15.6 Å². The second-order valence-electron chi connectivity index (χ2n) is 4.81. The molecule has 0 amide bonds. The Morgan fingerprint density at radius 1 is 1.14 bits per heavy atom. The van der Waals surface area contributed by atoms with Crippen LogP contribution in [0.2, 0.25) is 0 Å². The van der Waals surface area contributed by atoms with E-state index < -0.39 is 0 Å². The van der Waals surface area contributed by atoms with E-state index >= 15 is 0 Å². The molecule has 0 radical (unpaired) electrons. The Balaban J connectivity index is 1.79. The summed E-state index contributed by atoms with van der Waals surface area (Å²) in [6, 6.07) is 10.7. The topological polar surface area (TPSA) is 77.5 Å². The van der Waals surface area contributed by atoms with Gasteiger partial charge in [0.2, 0.25) is 0 Å². The molecule has 3 N–H and O–H groups in total. The maximum atomic E-state index is 11.6. The van der Waals surface area contributed by atoms with Crippen LogP contribution in [0.1, 0.15) is 12.0 Å². The molecule has 112 valence electrons. The molecule has 1 aromatic heterocycles. The van der Waals surface area contributed by atoms with Crippen LogP contribution in [0.5, 0.6) is 5.75 Å². The number of aliphatic hydroxyl groups excluding tert-OH is 1. The number of nitrogens with zero attached hydrogens (tertiary/aromatic N) is 1. The minimum absolute atomic E-state index is 0.0578. The number of hydrogen-bond acceptors (Lipinski definition) is 4. The molecule has 0 aliphatic rings. The van der Waals surface area contributed by atoms with E-state index in [0.717, 1.165) is 17.7 Å². The zero-order chi connectivity index (χ0) is 15.1. The van der Waals surface area contributed by atoms with Gasteiger partial charge in [0.1, 0.15) is 5.75 Å². The molecule has 0 aliphatic carbocycles. The summed E-state index contributed by atoms with van der Waals surface area (Å²) in [5.74, 6) is 0.789. The van der Waals surface area contributed by atoms with Crippen molar-refractivity contribution in [3.05, 3.63) is 58.5 Å². The highest BCUT2D eigenvalue weighted by Gasteiger charge is 1.98. The van der Waals surface area contributed by atoms with Gasteiger partial charge >= 0.3 is 0 Å². The van der Waals surface area contributed by atoms with Crippen molar-refractivity contribution < 1.29 is 9.84 Å². The first-order chi connectivity index (χ1) is 10.2. The molecule has 1 heterocycles. The van der Waals surface area contributed by atoms with Gasteiger partial charge in [-0.25, -0.2) is 0 Å². The standard InChI is InChI=1S/C16H20N2O3/c17-14-4-7-16(20)18(12-14)9-1-11-21-15-5-2-13(3-6-15)8-10-19/h2-7,12,19H,1,8-11,17H2. The highest BCUT2D eigenvalue weighted by molar-refractivity contribution is 5.33. The van der Waals surface area contributed by atoms with E-state index in [-0.39, 0.29) is 12.2 Å². The molecule has 0 spiro atoms. The van der Waals surface area contributed by atoms with Crippen molar-refractivity contribution in [1.29, 1.82) is 0 Å². The highest BCUT2D eigenvalue weighted by Crippen LogP contribution is 2.12. The predicted octanol–water partition coefficient (Wildman–Crippen LogP) is 1.43. The first kappa shape index (κ1) is 15.1. The van der Waals surface area contributed by atoms with E-state index in [1.807, 2.05) is 24.3 Å². The zero-order valence-electron chi connectivity index (χ0n) is 11.9. The van der Waals surface area contributed by atoms with Crippen LogP contribution >= 0.6 is 0 Å². The lowest BCUT2D eigenvalue weighted by Crippen LogP contribution is -2.20. The molecule has 0 atom stereocenters. The first-order valence-electron chi connectivity index (χ1n) is 6.97. The quantitative estimate of drug-likeness (QED) is 0.756. The predicted molar refractivity (Wildman–Crippen MR) is 82.5 cm³/mol. The van der Waals surface area contributed by atoms with E-state index in [1.165, 1.54) is 6.07 Å². The molecule has 0 bridgehead atoms. The van der Waals surface area contributed by atoms with Gasteiger partial charge in [-0.1, -0.05) is 12.1 Å². The Labute approximate surface area is 123 Å². The first-order valence-corrected chi connectivity index (χ1v) is 6.97. The van der Waals surface area contributed by atoms with E-state index in [2.05, 4.69) is 0 Å². The molecule has 5 heteroatoms. The highest BCUT2D eigenvalue weighted by atomic mass is 16.5. The van der Waals surface area contributed by atoms with Gasteiger partial charge in [-0.15, -0.1) is 0 Å². The summed E-state index contributed by atoms with van der Waals surface area (Å²) in [5, 5.41) is 8.84. The van der Waals surface area contributed by atoms with Gasteiger partial charge in [-0.2, -0.15) is 0 Å². The number of nitrogens with two attached hydrogens (primary N) is 1. The minimum atomic E-state index is -0.0578. The zero-order valence-corrected chi connectivity index (χ0v) is 11.9. The average Bonchev–Trinajstić information content (AvgIpc) is 2.49. The molecule has 2 aromatic rings. The summed E-state index contributed by atoms with van der Waals surface area (Å²) in [6.07, 6.45) is 3.02. The van der Waals surface area contributed by atoms with Crippen molar-refractivity contribution in [2.24, 2.45) is 0 Å². The fourth-order valence-corrected chi connectivity index (χ4v) is 2.03. The molecule has 0 aliphatic heterocycles. The van der Waals surface area contributed by atoms with E-state index in [0.29, 0.717) is 25.3 Å². The summed E-state index contributed by atoms with van der Waals surface area (Å²) in [4.78, 5) is 11.6. The van der Waals surface area contributed by atoms with E-state index in [9.17, 15) is 4.79 Å². The number of aryl methyl sites for hydroxylation is 1. The van der Waals surface area contributed by atoms with Gasteiger partial charge in [0, 0.05) is 31.1 Å². The molecular weight excluding hydrogens is 268 g/mol. The number of hydrogen-bond donors (Lipinski definition) is 2. The van der Waals surface area contributed by atoms with Crippen LogP contribution in [-0.4, -0.2) is 22.9 Å². The average molecular weight is 288 g/mol. The Bertz CT molecular complexity index is 620. The number of anilines is 1. The monoisotopic (exact) mass is 288 g/mol. The molecule has 0 saturated carbocycles. The number of aliphatic hydroxyl groups is 1. The van der Waals surface area contributed by atoms with E-state index in [1.54, 1.807) is 16.8 Å². The fraction of sp³-hybridized carbons (Fsp3) is 0.312. The number of aromatic nitrogens is 1. The Hall–Kier alpha value is -2.27. The third-order valence-corrected chi connectivity index (χ3v) is 3.14. The molecule has 5 nitrogen and oxygen atoms in total. The van der Waals surface area contributed by atoms with Crippen LogP contribution in [0.3, 0.4) is 0 Å². The summed E-state index contributed by atoms with van der Waals surface area (Å²) in [6.45, 7) is 1.25. The maximum absolute atomic E-state index is 11.6. The molecule has 0 unspecified atom stereocenters. The Kier molecular flexibility index (Phi) is 5.40. The van der Waals surface area contributed by atoms with Gasteiger partial charge in [0.05, 0.1) is 6.61 Å². The number of pyridine rings is 1. The molecule has 0 saturated heterocycles. The van der Waals surface area contributed by atoms with Crippen LogP contribution < -0.4 is 16.0 Å². The van der Waals surface area contributed by atoms with Crippen molar-refractivity contribution in [3.8, 4) is 5.75 Å². The smallest absolute Gasteiger partial charge is 0.250 e. The molecule has 2 rings (SSSR count). The van der Waals surface area contributed by atoms with Crippen molar-refractivity contribution in [2.45, 2.75) is 19.4 Å². The van der Waals surface area contributed by atoms with Crippen molar-refractivity contribution in [2.75, 3.05) is 18.9 Å². The third-order valence-electron chi connectivity index (χ3n) is 3.14. The number of nitrogen functional groups attached to an aromatic ring is 1. The van der Waals surface area contributed by atoms with Crippen molar-refractivity contribution in [1.82, 2.24) is 4.57 Å². The molecular formula is C16H20N2O3. The lowest BCUT2D eigenvalue weighted by molar-refractivity contribution is 0.297. The van der Waals surface area contributed by atoms with Gasteiger partial charge in [0.25, 0.3) is 5.56 Å². The van der Waals surface area contributed by atoms with Gasteiger partial charge in [0.15, 0.2) is 0 Å². The molecule has 0 fully saturated rings. The lowest BCUT2D eigenvalue weighted by Gasteiger charge is -2.09. The summed E-state index contributed by atoms with van der Waals surface area (Å²) >= 11 is 0. The number of rotatable bonds is 7. The largest absolute Gasteiger partial charge is 0.494 e. The van der Waals surface area contributed by atoms with Crippen molar-refractivity contribution >= 4 is 5.69 Å². The van der Waals surface area contributed by atoms with Crippen LogP contribution in [0.15, 0.2) is 47.4 Å². The van der Waals surface area contributed by atoms with Gasteiger partial charge in [-0.3, -0.25) is 4.79 Å². The lowest BCUT2D eigenvalue weighted by atomic mass is 10.1. The second kappa shape index (κ2) is 7.50. The van der Waals surface area contributed by atoms with Gasteiger partial charge in [-0.05, 0) is 36.6 Å². The maximum Gasteiger partial charge on any atom is 0.250 e. The number of ether oxygens (including phenoxy) is 1. The van der Waals surface area contributed by atoms with Crippen molar-refractivity contribution in [3.63, 3.8) is 0 Å². The van der Waals surface area contributed by atoms with Crippen LogP contribution in [0, 0.1) is 0 Å². The minimum Gasteiger partial charge on any atom is -0.494 e. The molecule has 21 heavy (non-hydrogen) atoms. The van der Waals surface area contributed by atoms with Crippen LogP contribution in [0.4, 0.5) is 5.69 Å². The van der Waals surface area contributed by atoms with Gasteiger partial charge < -0.3 is 20.1 Å². The summed E-state index contributed by atoms with van der Waals surface area (Å²) in [5.41, 5.74) is 7.25. The third kappa shape index (κ3) is 4.65. The molecule has 1 aromatic carbocycles.